The standard InChI is InChI=1S/C22H23F4N3O2/c23-15-3-1-13(2-4-15)22(31)28-17-5-7-29(8-6-17)21(30)11-16(27)9-14-10-19(25)20(26)12-18(14)24/h1-4,10,12,16-17H,5-9,11,27H2,(H,28,31). The second-order valence-electron chi connectivity index (χ2n) is 7.66. The van der Waals surface area contributed by atoms with Gasteiger partial charge in [0.2, 0.25) is 5.91 Å². The maximum atomic E-state index is 13.8. The minimum Gasteiger partial charge on any atom is -0.349 e. The predicted molar refractivity (Wildman–Crippen MR) is 106 cm³/mol. The van der Waals surface area contributed by atoms with Gasteiger partial charge >= 0.3 is 0 Å². The zero-order valence-electron chi connectivity index (χ0n) is 16.7. The maximum Gasteiger partial charge on any atom is 0.251 e. The molecule has 1 saturated heterocycles. The molecule has 9 heteroatoms. The number of likely N-dealkylation sites (tertiary alicyclic amines) is 1. The van der Waals surface area contributed by atoms with Gasteiger partial charge < -0.3 is 16.0 Å². The molecule has 166 valence electrons. The van der Waals surface area contributed by atoms with Crippen LogP contribution in [0.3, 0.4) is 0 Å². The molecule has 1 aliphatic heterocycles. The summed E-state index contributed by atoms with van der Waals surface area (Å²) < 4.78 is 53.1. The summed E-state index contributed by atoms with van der Waals surface area (Å²) in [7, 11) is 0. The molecule has 0 radical (unpaired) electrons. The van der Waals surface area contributed by atoms with Gasteiger partial charge in [0.1, 0.15) is 11.6 Å². The zero-order valence-corrected chi connectivity index (χ0v) is 16.7. The molecule has 1 heterocycles. The van der Waals surface area contributed by atoms with E-state index in [1.165, 1.54) is 24.3 Å². The summed E-state index contributed by atoms with van der Waals surface area (Å²) in [5.41, 5.74) is 6.20. The summed E-state index contributed by atoms with van der Waals surface area (Å²) in [6.45, 7) is 0.832. The fraction of sp³-hybridized carbons (Fsp3) is 0.364. The quantitative estimate of drug-likeness (QED) is 0.539. The summed E-state index contributed by atoms with van der Waals surface area (Å²) in [6, 6.07) is 5.58. The van der Waals surface area contributed by atoms with Gasteiger partial charge in [-0.3, -0.25) is 9.59 Å². The molecule has 0 aromatic heterocycles. The van der Waals surface area contributed by atoms with E-state index in [0.29, 0.717) is 37.6 Å². The van der Waals surface area contributed by atoms with Crippen molar-refractivity contribution >= 4 is 11.8 Å². The molecule has 1 atom stereocenters. The Kier molecular flexibility index (Phi) is 7.27. The van der Waals surface area contributed by atoms with Crippen LogP contribution in [0.1, 0.15) is 35.2 Å². The Morgan fingerprint density at radius 3 is 2.26 bits per heavy atom. The zero-order chi connectivity index (χ0) is 22.5. The van der Waals surface area contributed by atoms with Gasteiger partial charge in [-0.15, -0.1) is 0 Å². The number of carbonyl (C=O) groups is 2. The van der Waals surface area contributed by atoms with Gasteiger partial charge in [0.25, 0.3) is 5.91 Å². The molecule has 0 spiro atoms. The summed E-state index contributed by atoms with van der Waals surface area (Å²) in [6.07, 6.45) is 0.932. The highest BCUT2D eigenvalue weighted by atomic mass is 19.2. The van der Waals surface area contributed by atoms with Crippen molar-refractivity contribution in [1.29, 1.82) is 0 Å². The Morgan fingerprint density at radius 2 is 1.61 bits per heavy atom. The number of benzene rings is 2. The molecule has 3 rings (SSSR count). The molecule has 2 aromatic rings. The van der Waals surface area contributed by atoms with Crippen LogP contribution in [0.5, 0.6) is 0 Å². The number of halogens is 4. The van der Waals surface area contributed by atoms with Crippen molar-refractivity contribution in [1.82, 2.24) is 10.2 Å². The third-order valence-corrected chi connectivity index (χ3v) is 5.30. The van der Waals surface area contributed by atoms with E-state index in [1.54, 1.807) is 4.90 Å². The fourth-order valence-corrected chi connectivity index (χ4v) is 3.57. The Labute approximate surface area is 177 Å². The van der Waals surface area contributed by atoms with E-state index >= 15 is 0 Å². The third kappa shape index (κ3) is 6.04. The van der Waals surface area contributed by atoms with Gasteiger partial charge in [0, 0.05) is 43.2 Å². The molecule has 0 aliphatic carbocycles. The van der Waals surface area contributed by atoms with Crippen LogP contribution >= 0.6 is 0 Å². The number of rotatable bonds is 6. The lowest BCUT2D eigenvalue weighted by Crippen LogP contribution is -2.47. The second-order valence-corrected chi connectivity index (χ2v) is 7.66. The lowest BCUT2D eigenvalue weighted by molar-refractivity contribution is -0.132. The third-order valence-electron chi connectivity index (χ3n) is 5.30. The van der Waals surface area contributed by atoms with E-state index < -0.39 is 29.3 Å². The van der Waals surface area contributed by atoms with Gasteiger partial charge in [-0.1, -0.05) is 0 Å². The molecule has 1 aliphatic rings. The van der Waals surface area contributed by atoms with E-state index in [1.807, 2.05) is 0 Å². The van der Waals surface area contributed by atoms with Gasteiger partial charge in [0.15, 0.2) is 11.6 Å². The first kappa shape index (κ1) is 22.7. The lowest BCUT2D eigenvalue weighted by atomic mass is 10.0. The minimum atomic E-state index is -1.28. The highest BCUT2D eigenvalue weighted by Crippen LogP contribution is 2.17. The fourth-order valence-electron chi connectivity index (χ4n) is 3.57. The summed E-state index contributed by atoms with van der Waals surface area (Å²) in [5, 5.41) is 2.87. The first-order valence-electron chi connectivity index (χ1n) is 9.96. The largest absolute Gasteiger partial charge is 0.349 e. The van der Waals surface area contributed by atoms with Crippen LogP contribution in [-0.4, -0.2) is 41.9 Å². The van der Waals surface area contributed by atoms with Crippen LogP contribution in [0, 0.1) is 23.3 Å². The smallest absolute Gasteiger partial charge is 0.251 e. The Bertz CT molecular complexity index is 945. The van der Waals surface area contributed by atoms with Crippen molar-refractivity contribution < 1.29 is 27.2 Å². The van der Waals surface area contributed by atoms with Crippen molar-refractivity contribution in [3.05, 3.63) is 70.8 Å². The summed E-state index contributed by atoms with van der Waals surface area (Å²) in [5.74, 6) is -4.30. The van der Waals surface area contributed by atoms with E-state index in [4.69, 9.17) is 5.73 Å². The molecule has 1 unspecified atom stereocenters. The summed E-state index contributed by atoms with van der Waals surface area (Å²) in [4.78, 5) is 26.3. The van der Waals surface area contributed by atoms with E-state index in [-0.39, 0.29) is 36.3 Å². The van der Waals surface area contributed by atoms with Gasteiger partial charge in [-0.05, 0) is 55.2 Å². The first-order valence-corrected chi connectivity index (χ1v) is 9.96. The number of hydrogen-bond donors (Lipinski definition) is 2. The Morgan fingerprint density at radius 1 is 1.00 bits per heavy atom. The van der Waals surface area contributed by atoms with Gasteiger partial charge in [-0.2, -0.15) is 0 Å². The molecule has 1 fully saturated rings. The number of carbonyl (C=O) groups excluding carboxylic acids is 2. The van der Waals surface area contributed by atoms with Crippen LogP contribution < -0.4 is 11.1 Å². The predicted octanol–water partition coefficient (Wildman–Crippen LogP) is 2.92. The monoisotopic (exact) mass is 437 g/mol. The normalized spacial score (nSPS) is 15.6. The molecule has 0 saturated carbocycles. The minimum absolute atomic E-state index is 0.0644. The second kappa shape index (κ2) is 9.91. The van der Waals surface area contributed by atoms with Gasteiger partial charge in [-0.25, -0.2) is 17.6 Å². The van der Waals surface area contributed by atoms with Crippen LogP contribution in [0.15, 0.2) is 36.4 Å². The van der Waals surface area contributed by atoms with Crippen molar-refractivity contribution in [3.8, 4) is 0 Å². The SMILES string of the molecule is NC(CC(=O)N1CCC(NC(=O)c2ccc(F)cc2)CC1)Cc1cc(F)c(F)cc1F. The van der Waals surface area contributed by atoms with E-state index in [2.05, 4.69) is 5.32 Å². The molecule has 5 nitrogen and oxygen atoms in total. The van der Waals surface area contributed by atoms with Crippen molar-refractivity contribution in [2.24, 2.45) is 5.73 Å². The number of nitrogens with two attached hydrogens (primary N) is 1. The number of amides is 2. The molecular weight excluding hydrogens is 414 g/mol. The van der Waals surface area contributed by atoms with Crippen LogP contribution in [0.4, 0.5) is 17.6 Å². The maximum absolute atomic E-state index is 13.8. The molecule has 31 heavy (non-hydrogen) atoms. The molecule has 3 N–H and O–H groups in total. The van der Waals surface area contributed by atoms with Crippen LogP contribution in [0.25, 0.3) is 0 Å². The Balaban J connectivity index is 1.46. The van der Waals surface area contributed by atoms with E-state index in [0.717, 1.165) is 6.07 Å². The molecule has 2 amide bonds. The highest BCUT2D eigenvalue weighted by Gasteiger charge is 2.25. The Hall–Kier alpha value is -2.94. The van der Waals surface area contributed by atoms with Crippen LogP contribution in [-0.2, 0) is 11.2 Å². The average Bonchev–Trinajstić information content (AvgIpc) is 2.73. The highest BCUT2D eigenvalue weighted by molar-refractivity contribution is 5.94. The number of hydrogen-bond acceptors (Lipinski definition) is 3. The number of nitrogens with one attached hydrogen (secondary N) is 1. The van der Waals surface area contributed by atoms with Gasteiger partial charge in [0.05, 0.1) is 0 Å². The topological polar surface area (TPSA) is 75.4 Å². The van der Waals surface area contributed by atoms with Crippen molar-refractivity contribution in [2.75, 3.05) is 13.1 Å². The number of piperidine rings is 1. The first-order chi connectivity index (χ1) is 14.7. The number of nitrogens with zero attached hydrogens (tertiary/aromatic N) is 1. The molecular formula is C22H23F4N3O2. The molecule has 2 aromatic carbocycles. The summed E-state index contributed by atoms with van der Waals surface area (Å²) >= 11 is 0. The molecule has 0 bridgehead atoms. The lowest BCUT2D eigenvalue weighted by Gasteiger charge is -2.33. The van der Waals surface area contributed by atoms with Crippen molar-refractivity contribution in [2.45, 2.75) is 37.8 Å². The van der Waals surface area contributed by atoms with Crippen LogP contribution in [0.2, 0.25) is 0 Å². The average molecular weight is 437 g/mol. The van der Waals surface area contributed by atoms with Crippen molar-refractivity contribution in [3.63, 3.8) is 0 Å². The van der Waals surface area contributed by atoms with E-state index in [9.17, 15) is 27.2 Å².